The lowest BCUT2D eigenvalue weighted by Crippen LogP contribution is -1.98. The zero-order valence-electron chi connectivity index (χ0n) is 8.11. The maximum atomic E-state index is 12.5. The van der Waals surface area contributed by atoms with Crippen molar-refractivity contribution >= 4 is 11.3 Å². The van der Waals surface area contributed by atoms with E-state index >= 15 is 0 Å². The van der Waals surface area contributed by atoms with E-state index < -0.39 is 5.82 Å². The minimum Gasteiger partial charge on any atom is -0.458 e. The average Bonchev–Trinajstić information content (AvgIpc) is 2.63. The molecule has 3 nitrogen and oxygen atoms in total. The predicted molar refractivity (Wildman–Crippen MR) is 55.4 cm³/mol. The summed E-state index contributed by atoms with van der Waals surface area (Å²) in [6.07, 6.45) is 2.17. The summed E-state index contributed by atoms with van der Waals surface area (Å²) in [5, 5.41) is 2.00. The van der Waals surface area contributed by atoms with Gasteiger partial charge in [0.1, 0.15) is 6.61 Å². The van der Waals surface area contributed by atoms with Gasteiger partial charge in [0.25, 0.3) is 0 Å². The molecule has 0 N–H and O–H groups in total. The molecule has 5 heteroatoms. The molecule has 0 spiro atoms. The standard InChI is InChI=1S/C10H9FN2OS/c1-7-2-3-15-9(7)6-14-10-12-4-8(11)5-13-10/h2-5H,6H2,1H3. The second-order valence-corrected chi connectivity index (χ2v) is 4.00. The molecular formula is C10H9FN2OS. The van der Waals surface area contributed by atoms with E-state index in [2.05, 4.69) is 9.97 Å². The van der Waals surface area contributed by atoms with Gasteiger partial charge in [-0.05, 0) is 23.9 Å². The minimum atomic E-state index is -0.463. The first-order valence-electron chi connectivity index (χ1n) is 4.39. The Morgan fingerprint density at radius 1 is 1.40 bits per heavy atom. The van der Waals surface area contributed by atoms with E-state index in [1.165, 1.54) is 5.56 Å². The topological polar surface area (TPSA) is 35.0 Å². The van der Waals surface area contributed by atoms with Crippen LogP contribution < -0.4 is 4.74 Å². The highest BCUT2D eigenvalue weighted by atomic mass is 32.1. The zero-order chi connectivity index (χ0) is 10.7. The van der Waals surface area contributed by atoms with Gasteiger partial charge in [-0.1, -0.05) is 0 Å². The van der Waals surface area contributed by atoms with Crippen molar-refractivity contribution < 1.29 is 9.13 Å². The zero-order valence-corrected chi connectivity index (χ0v) is 8.92. The van der Waals surface area contributed by atoms with E-state index in [1.54, 1.807) is 11.3 Å². The van der Waals surface area contributed by atoms with Crippen LogP contribution >= 0.6 is 11.3 Å². The van der Waals surface area contributed by atoms with Crippen LogP contribution in [-0.4, -0.2) is 9.97 Å². The number of ether oxygens (including phenoxy) is 1. The largest absolute Gasteiger partial charge is 0.458 e. The van der Waals surface area contributed by atoms with Gasteiger partial charge in [-0.15, -0.1) is 11.3 Å². The molecule has 0 fully saturated rings. The van der Waals surface area contributed by atoms with Gasteiger partial charge in [-0.3, -0.25) is 0 Å². The highest BCUT2D eigenvalue weighted by molar-refractivity contribution is 7.10. The van der Waals surface area contributed by atoms with E-state index in [1.807, 2.05) is 18.4 Å². The highest BCUT2D eigenvalue weighted by Crippen LogP contribution is 2.17. The number of thiophene rings is 1. The third-order valence-electron chi connectivity index (χ3n) is 1.90. The molecule has 0 bridgehead atoms. The summed E-state index contributed by atoms with van der Waals surface area (Å²) >= 11 is 1.62. The van der Waals surface area contributed by atoms with Crippen LogP contribution in [0.1, 0.15) is 10.4 Å². The van der Waals surface area contributed by atoms with Gasteiger partial charge in [-0.2, -0.15) is 0 Å². The van der Waals surface area contributed by atoms with Gasteiger partial charge in [0.2, 0.25) is 0 Å². The highest BCUT2D eigenvalue weighted by Gasteiger charge is 2.02. The van der Waals surface area contributed by atoms with Crippen molar-refractivity contribution in [2.24, 2.45) is 0 Å². The van der Waals surface area contributed by atoms with Crippen molar-refractivity contribution in [2.45, 2.75) is 13.5 Å². The van der Waals surface area contributed by atoms with Gasteiger partial charge in [0, 0.05) is 4.88 Å². The molecule has 0 aliphatic carbocycles. The Kier molecular flexibility index (Phi) is 2.91. The number of aryl methyl sites for hydroxylation is 1. The molecule has 2 rings (SSSR count). The second-order valence-electron chi connectivity index (χ2n) is 3.00. The van der Waals surface area contributed by atoms with Crippen molar-refractivity contribution in [3.8, 4) is 6.01 Å². The molecule has 0 radical (unpaired) electrons. The van der Waals surface area contributed by atoms with Crippen molar-refractivity contribution in [1.82, 2.24) is 9.97 Å². The number of hydrogen-bond donors (Lipinski definition) is 0. The summed E-state index contributed by atoms with van der Waals surface area (Å²) in [5.41, 5.74) is 1.18. The van der Waals surface area contributed by atoms with Crippen LogP contribution in [0.3, 0.4) is 0 Å². The van der Waals surface area contributed by atoms with Crippen molar-refractivity contribution in [3.63, 3.8) is 0 Å². The number of nitrogens with zero attached hydrogens (tertiary/aromatic N) is 2. The van der Waals surface area contributed by atoms with Gasteiger partial charge < -0.3 is 4.74 Å². The molecule has 0 saturated carbocycles. The van der Waals surface area contributed by atoms with E-state index in [9.17, 15) is 4.39 Å². The molecule has 15 heavy (non-hydrogen) atoms. The van der Waals surface area contributed by atoms with Crippen LogP contribution in [0.4, 0.5) is 4.39 Å². The quantitative estimate of drug-likeness (QED) is 0.803. The summed E-state index contributed by atoms with van der Waals surface area (Å²) in [4.78, 5) is 8.54. The summed E-state index contributed by atoms with van der Waals surface area (Å²) in [5.74, 6) is -0.463. The Hall–Kier alpha value is -1.49. The predicted octanol–water partition coefficient (Wildman–Crippen LogP) is 2.56. The average molecular weight is 224 g/mol. The van der Waals surface area contributed by atoms with Crippen LogP contribution in [-0.2, 0) is 6.61 Å². The van der Waals surface area contributed by atoms with Crippen LogP contribution in [0, 0.1) is 12.7 Å². The Morgan fingerprint density at radius 2 is 2.13 bits per heavy atom. The fourth-order valence-corrected chi connectivity index (χ4v) is 1.87. The first kappa shape index (κ1) is 10.0. The van der Waals surface area contributed by atoms with Gasteiger partial charge in [0.15, 0.2) is 5.82 Å². The van der Waals surface area contributed by atoms with E-state index in [4.69, 9.17) is 4.74 Å². The smallest absolute Gasteiger partial charge is 0.316 e. The molecule has 0 aliphatic rings. The van der Waals surface area contributed by atoms with Gasteiger partial charge in [-0.25, -0.2) is 14.4 Å². The van der Waals surface area contributed by atoms with Crippen LogP contribution in [0.2, 0.25) is 0 Å². The molecule has 0 aromatic carbocycles. The lowest BCUT2D eigenvalue weighted by atomic mass is 10.3. The lowest BCUT2D eigenvalue weighted by Gasteiger charge is -2.02. The number of aromatic nitrogens is 2. The number of rotatable bonds is 3. The monoisotopic (exact) mass is 224 g/mol. The Bertz CT molecular complexity index is 441. The second kappa shape index (κ2) is 4.35. The number of halogens is 1. The maximum Gasteiger partial charge on any atom is 0.316 e. The van der Waals surface area contributed by atoms with E-state index in [0.717, 1.165) is 17.3 Å². The van der Waals surface area contributed by atoms with Crippen LogP contribution in [0.25, 0.3) is 0 Å². The maximum absolute atomic E-state index is 12.5. The molecule has 0 unspecified atom stereocenters. The molecule has 0 aliphatic heterocycles. The molecular weight excluding hydrogens is 215 g/mol. The minimum absolute atomic E-state index is 0.198. The number of hydrogen-bond acceptors (Lipinski definition) is 4. The summed E-state index contributed by atoms with van der Waals surface area (Å²) in [7, 11) is 0. The molecule has 2 aromatic heterocycles. The molecule has 0 atom stereocenters. The van der Waals surface area contributed by atoms with Crippen molar-refractivity contribution in [2.75, 3.05) is 0 Å². The third kappa shape index (κ3) is 2.50. The Balaban J connectivity index is 1.99. The van der Waals surface area contributed by atoms with Crippen molar-refractivity contribution in [3.05, 3.63) is 40.1 Å². The fraction of sp³-hybridized carbons (Fsp3) is 0.200. The van der Waals surface area contributed by atoms with Crippen LogP contribution in [0.5, 0.6) is 6.01 Å². The van der Waals surface area contributed by atoms with E-state index in [0.29, 0.717) is 6.61 Å². The molecule has 2 aromatic rings. The third-order valence-corrected chi connectivity index (χ3v) is 2.89. The summed E-state index contributed by atoms with van der Waals surface area (Å²) in [6, 6.07) is 2.22. The van der Waals surface area contributed by atoms with Crippen molar-refractivity contribution in [1.29, 1.82) is 0 Å². The normalized spacial score (nSPS) is 10.3. The summed E-state index contributed by atoms with van der Waals surface area (Å²) in [6.45, 7) is 2.44. The van der Waals surface area contributed by atoms with Gasteiger partial charge in [0.05, 0.1) is 12.4 Å². The van der Waals surface area contributed by atoms with Crippen LogP contribution in [0.15, 0.2) is 23.8 Å². The lowest BCUT2D eigenvalue weighted by molar-refractivity contribution is 0.282. The SMILES string of the molecule is Cc1ccsc1COc1ncc(F)cn1. The molecule has 78 valence electrons. The molecule has 0 saturated heterocycles. The van der Waals surface area contributed by atoms with E-state index in [-0.39, 0.29) is 6.01 Å². The summed E-state index contributed by atoms with van der Waals surface area (Å²) < 4.78 is 17.8. The van der Waals surface area contributed by atoms with Gasteiger partial charge >= 0.3 is 6.01 Å². The molecule has 2 heterocycles. The first-order chi connectivity index (χ1) is 7.25. The Morgan fingerprint density at radius 3 is 2.73 bits per heavy atom. The fourth-order valence-electron chi connectivity index (χ4n) is 1.06. The first-order valence-corrected chi connectivity index (χ1v) is 5.27. The molecule has 0 amide bonds. The Labute approximate surface area is 90.6 Å².